The molecule has 0 spiro atoms. The summed E-state index contributed by atoms with van der Waals surface area (Å²) in [7, 11) is 1.24. The highest BCUT2D eigenvalue weighted by atomic mass is 19.1. The number of nitrogens with zero attached hydrogens (tertiary/aromatic N) is 1. The minimum Gasteiger partial charge on any atom is -0.479 e. The van der Waals surface area contributed by atoms with Crippen LogP contribution in [0.3, 0.4) is 0 Å². The van der Waals surface area contributed by atoms with Crippen LogP contribution in [0.1, 0.15) is 12.5 Å². The van der Waals surface area contributed by atoms with Crippen LogP contribution in [0.4, 0.5) is 4.39 Å². The van der Waals surface area contributed by atoms with Gasteiger partial charge in [-0.05, 0) is 19.1 Å². The second kappa shape index (κ2) is 5.12. The molecule has 0 unspecified atom stereocenters. The molecule has 0 heterocycles. The summed E-state index contributed by atoms with van der Waals surface area (Å²) in [5.41, 5.74) is -0.0712. The highest BCUT2D eigenvalue weighted by Crippen LogP contribution is 2.17. The van der Waals surface area contributed by atoms with Gasteiger partial charge in [0.25, 0.3) is 0 Å². The predicted molar refractivity (Wildman–Crippen MR) is 53.2 cm³/mol. The molecule has 84 valence electrons. The summed E-state index contributed by atoms with van der Waals surface area (Å²) in [6.45, 7) is 1.49. The molecular weight excluding hydrogens is 213 g/mol. The van der Waals surface area contributed by atoms with Gasteiger partial charge < -0.3 is 9.47 Å². The van der Waals surface area contributed by atoms with E-state index in [1.807, 2.05) is 0 Å². The van der Waals surface area contributed by atoms with Crippen molar-refractivity contribution in [2.75, 3.05) is 7.11 Å². The van der Waals surface area contributed by atoms with Gasteiger partial charge in [-0.2, -0.15) is 5.26 Å². The van der Waals surface area contributed by atoms with E-state index in [-0.39, 0.29) is 11.3 Å². The number of carbonyl (C=O) groups is 1. The van der Waals surface area contributed by atoms with Gasteiger partial charge in [-0.3, -0.25) is 0 Å². The Balaban J connectivity index is 2.80. The Labute approximate surface area is 92.2 Å². The molecule has 0 saturated heterocycles. The van der Waals surface area contributed by atoms with Gasteiger partial charge in [0.05, 0.1) is 12.7 Å². The Morgan fingerprint density at radius 3 is 2.75 bits per heavy atom. The maximum atomic E-state index is 13.2. The number of carbonyl (C=O) groups excluding carboxylic acids is 1. The lowest BCUT2D eigenvalue weighted by Gasteiger charge is -2.12. The summed E-state index contributed by atoms with van der Waals surface area (Å²) in [4.78, 5) is 11.0. The maximum Gasteiger partial charge on any atom is 0.346 e. The van der Waals surface area contributed by atoms with E-state index in [0.717, 1.165) is 6.07 Å². The van der Waals surface area contributed by atoms with Crippen molar-refractivity contribution in [3.63, 3.8) is 0 Å². The van der Waals surface area contributed by atoms with Gasteiger partial charge in [-0.25, -0.2) is 9.18 Å². The van der Waals surface area contributed by atoms with E-state index in [0.29, 0.717) is 0 Å². The van der Waals surface area contributed by atoms with Gasteiger partial charge in [0.2, 0.25) is 0 Å². The quantitative estimate of drug-likeness (QED) is 0.731. The van der Waals surface area contributed by atoms with E-state index < -0.39 is 17.9 Å². The highest BCUT2D eigenvalue weighted by molar-refractivity contribution is 5.74. The van der Waals surface area contributed by atoms with E-state index in [1.165, 1.54) is 26.2 Å². The number of benzene rings is 1. The van der Waals surface area contributed by atoms with E-state index in [1.54, 1.807) is 6.07 Å². The van der Waals surface area contributed by atoms with Crippen LogP contribution in [-0.4, -0.2) is 19.2 Å². The molecule has 0 amide bonds. The molecule has 1 aromatic rings. The number of hydrogen-bond donors (Lipinski definition) is 0. The van der Waals surface area contributed by atoms with Gasteiger partial charge in [-0.1, -0.05) is 0 Å². The zero-order valence-electron chi connectivity index (χ0n) is 8.86. The standard InChI is InChI=1S/C11H10FNO3/c1-7(11(14)15-2)16-9-4-3-8(6-13)10(12)5-9/h3-5,7H,1-2H3/t7-/m0/s1. The first-order valence-corrected chi connectivity index (χ1v) is 4.52. The molecule has 0 aliphatic carbocycles. The third-order valence-corrected chi connectivity index (χ3v) is 1.91. The number of nitriles is 1. The van der Waals surface area contributed by atoms with Crippen LogP contribution in [0.2, 0.25) is 0 Å². The van der Waals surface area contributed by atoms with Gasteiger partial charge in [0.1, 0.15) is 17.6 Å². The van der Waals surface area contributed by atoms with Crippen LogP contribution < -0.4 is 4.74 Å². The van der Waals surface area contributed by atoms with Gasteiger partial charge in [-0.15, -0.1) is 0 Å². The molecule has 4 nitrogen and oxygen atoms in total. The van der Waals surface area contributed by atoms with Gasteiger partial charge in [0.15, 0.2) is 6.10 Å². The van der Waals surface area contributed by atoms with Crippen molar-refractivity contribution in [3.8, 4) is 11.8 Å². The normalized spacial score (nSPS) is 11.4. The Kier molecular flexibility index (Phi) is 3.84. The molecule has 1 rings (SSSR count). The van der Waals surface area contributed by atoms with Crippen LogP contribution >= 0.6 is 0 Å². The first kappa shape index (κ1) is 12.0. The van der Waals surface area contributed by atoms with Crippen LogP contribution in [-0.2, 0) is 9.53 Å². The number of esters is 1. The largest absolute Gasteiger partial charge is 0.479 e. The second-order valence-corrected chi connectivity index (χ2v) is 3.04. The lowest BCUT2D eigenvalue weighted by molar-refractivity contribution is -0.147. The second-order valence-electron chi connectivity index (χ2n) is 3.04. The first-order valence-electron chi connectivity index (χ1n) is 4.52. The lowest BCUT2D eigenvalue weighted by Crippen LogP contribution is -2.24. The van der Waals surface area contributed by atoms with Crippen LogP contribution in [0.15, 0.2) is 18.2 Å². The number of halogens is 1. The minimum absolute atomic E-state index is 0.0712. The van der Waals surface area contributed by atoms with Crippen molar-refractivity contribution in [1.82, 2.24) is 0 Å². The monoisotopic (exact) mass is 223 g/mol. The van der Waals surface area contributed by atoms with E-state index in [2.05, 4.69) is 4.74 Å². The molecule has 0 bridgehead atoms. The Hall–Kier alpha value is -2.09. The number of methoxy groups -OCH3 is 1. The molecule has 0 fully saturated rings. The molecule has 0 aliphatic heterocycles. The van der Waals surface area contributed by atoms with Crippen molar-refractivity contribution in [1.29, 1.82) is 5.26 Å². The van der Waals surface area contributed by atoms with Crippen molar-refractivity contribution in [2.45, 2.75) is 13.0 Å². The minimum atomic E-state index is -0.822. The Bertz CT molecular complexity index is 439. The van der Waals surface area contributed by atoms with E-state index >= 15 is 0 Å². The van der Waals surface area contributed by atoms with Crippen LogP contribution in [0.25, 0.3) is 0 Å². The summed E-state index contributed by atoms with van der Waals surface area (Å²) < 4.78 is 22.7. The smallest absolute Gasteiger partial charge is 0.346 e. The van der Waals surface area contributed by atoms with Crippen molar-refractivity contribution in [3.05, 3.63) is 29.6 Å². The molecule has 1 atom stereocenters. The van der Waals surface area contributed by atoms with Crippen LogP contribution in [0.5, 0.6) is 5.75 Å². The fourth-order valence-electron chi connectivity index (χ4n) is 1.08. The third-order valence-electron chi connectivity index (χ3n) is 1.91. The molecule has 0 saturated carbocycles. The SMILES string of the molecule is COC(=O)[C@H](C)Oc1ccc(C#N)c(F)c1. The molecular formula is C11H10FNO3. The molecule has 1 aromatic carbocycles. The molecule has 0 radical (unpaired) electrons. The summed E-state index contributed by atoms with van der Waals surface area (Å²) >= 11 is 0. The summed E-state index contributed by atoms with van der Waals surface area (Å²) in [5.74, 6) is -1.06. The van der Waals surface area contributed by atoms with Crippen molar-refractivity contribution >= 4 is 5.97 Å². The fraction of sp³-hybridized carbons (Fsp3) is 0.273. The highest BCUT2D eigenvalue weighted by Gasteiger charge is 2.15. The Morgan fingerprint density at radius 1 is 1.56 bits per heavy atom. The topological polar surface area (TPSA) is 59.3 Å². The molecule has 0 aliphatic rings. The van der Waals surface area contributed by atoms with Gasteiger partial charge >= 0.3 is 5.97 Å². The molecule has 16 heavy (non-hydrogen) atoms. The Morgan fingerprint density at radius 2 is 2.25 bits per heavy atom. The zero-order chi connectivity index (χ0) is 12.1. The average Bonchev–Trinajstić information content (AvgIpc) is 2.28. The van der Waals surface area contributed by atoms with Crippen molar-refractivity contribution in [2.24, 2.45) is 0 Å². The number of rotatable bonds is 3. The zero-order valence-corrected chi connectivity index (χ0v) is 8.86. The number of hydrogen-bond acceptors (Lipinski definition) is 4. The lowest BCUT2D eigenvalue weighted by atomic mass is 10.2. The third kappa shape index (κ3) is 2.70. The molecule has 5 heteroatoms. The van der Waals surface area contributed by atoms with Crippen molar-refractivity contribution < 1.29 is 18.7 Å². The summed E-state index contributed by atoms with van der Waals surface area (Å²) in [6.07, 6.45) is -0.822. The first-order chi connectivity index (χ1) is 7.58. The van der Waals surface area contributed by atoms with Gasteiger partial charge in [0, 0.05) is 6.07 Å². The maximum absolute atomic E-state index is 13.2. The molecule has 0 aromatic heterocycles. The average molecular weight is 223 g/mol. The molecule has 0 N–H and O–H groups in total. The summed E-state index contributed by atoms with van der Waals surface area (Å²) in [6, 6.07) is 5.45. The van der Waals surface area contributed by atoms with E-state index in [9.17, 15) is 9.18 Å². The predicted octanol–water partition coefficient (Wildman–Crippen LogP) is 1.64. The van der Waals surface area contributed by atoms with E-state index in [4.69, 9.17) is 10.00 Å². The summed E-state index contributed by atoms with van der Waals surface area (Å²) in [5, 5.41) is 8.51. The van der Waals surface area contributed by atoms with Crippen LogP contribution in [0, 0.1) is 17.1 Å². The fourth-order valence-corrected chi connectivity index (χ4v) is 1.08. The number of ether oxygens (including phenoxy) is 2.